The van der Waals surface area contributed by atoms with Crippen LogP contribution in [0.1, 0.15) is 32.1 Å². The number of hydrogen-bond donors (Lipinski definition) is 0. The Labute approximate surface area is 150 Å². The van der Waals surface area contributed by atoms with Gasteiger partial charge in [-0.1, -0.05) is 0 Å². The second-order valence-corrected chi connectivity index (χ2v) is 9.44. The molecule has 1 aromatic heterocycles. The minimum absolute atomic E-state index is 0.324. The van der Waals surface area contributed by atoms with Crippen LogP contribution >= 0.6 is 0 Å². The molecule has 0 amide bonds. The quantitative estimate of drug-likeness (QED) is 0.747. The van der Waals surface area contributed by atoms with Gasteiger partial charge in [-0.15, -0.1) is 0 Å². The molecule has 2 aliphatic heterocycles. The van der Waals surface area contributed by atoms with E-state index < -0.39 is 10.0 Å². The molecule has 0 spiro atoms. The number of likely N-dealkylation sites (tertiary alicyclic amines) is 1. The van der Waals surface area contributed by atoms with E-state index in [4.69, 9.17) is 0 Å². The van der Waals surface area contributed by atoms with E-state index in [2.05, 4.69) is 19.8 Å². The van der Waals surface area contributed by atoms with Crippen molar-refractivity contribution >= 4 is 15.8 Å². The van der Waals surface area contributed by atoms with Gasteiger partial charge in [0.25, 0.3) is 0 Å². The van der Waals surface area contributed by atoms with E-state index >= 15 is 0 Å². The molecule has 3 heterocycles. The van der Waals surface area contributed by atoms with Crippen LogP contribution in [0.15, 0.2) is 18.6 Å². The summed E-state index contributed by atoms with van der Waals surface area (Å²) in [7, 11) is -2.97. The summed E-state index contributed by atoms with van der Waals surface area (Å²) < 4.78 is 25.5. The van der Waals surface area contributed by atoms with Crippen molar-refractivity contribution in [3.8, 4) is 0 Å². The van der Waals surface area contributed by atoms with Gasteiger partial charge in [-0.05, 0) is 38.2 Å². The molecule has 1 saturated carbocycles. The Balaban J connectivity index is 1.30. The molecular weight excluding hydrogens is 338 g/mol. The van der Waals surface area contributed by atoms with Crippen molar-refractivity contribution in [3.63, 3.8) is 0 Å². The summed E-state index contributed by atoms with van der Waals surface area (Å²) in [6.45, 7) is 4.26. The van der Waals surface area contributed by atoms with Gasteiger partial charge in [0, 0.05) is 51.0 Å². The van der Waals surface area contributed by atoms with Crippen LogP contribution in [0.25, 0.3) is 0 Å². The van der Waals surface area contributed by atoms with Crippen LogP contribution in [-0.2, 0) is 10.0 Å². The van der Waals surface area contributed by atoms with E-state index in [0.29, 0.717) is 30.9 Å². The average Bonchev–Trinajstić information content (AvgIpc) is 3.39. The van der Waals surface area contributed by atoms with Crippen molar-refractivity contribution in [1.82, 2.24) is 19.2 Å². The van der Waals surface area contributed by atoms with Gasteiger partial charge in [-0.25, -0.2) is 22.7 Å². The summed E-state index contributed by atoms with van der Waals surface area (Å²) >= 11 is 0. The molecule has 138 valence electrons. The Morgan fingerprint density at radius 2 is 1.84 bits per heavy atom. The molecule has 0 atom stereocenters. The molecule has 0 unspecified atom stereocenters. The Morgan fingerprint density at radius 3 is 2.44 bits per heavy atom. The molecule has 1 aromatic rings. The van der Waals surface area contributed by atoms with Gasteiger partial charge in [-0.2, -0.15) is 0 Å². The van der Waals surface area contributed by atoms with Crippen LogP contribution in [0.3, 0.4) is 0 Å². The predicted molar refractivity (Wildman–Crippen MR) is 97.0 cm³/mol. The largest absolute Gasteiger partial charge is 0.350 e. The summed E-state index contributed by atoms with van der Waals surface area (Å²) in [6, 6.07) is 3.19. The first-order chi connectivity index (χ1) is 12.1. The van der Waals surface area contributed by atoms with Crippen molar-refractivity contribution in [2.45, 2.75) is 44.2 Å². The summed E-state index contributed by atoms with van der Waals surface area (Å²) in [5, 5.41) is 0. The molecule has 3 fully saturated rings. The molecule has 1 aliphatic carbocycles. The van der Waals surface area contributed by atoms with Gasteiger partial charge in [0.2, 0.25) is 10.0 Å². The third-order valence-corrected chi connectivity index (χ3v) is 7.55. The first-order valence-electron chi connectivity index (χ1n) is 9.38. The predicted octanol–water partition coefficient (Wildman–Crippen LogP) is 0.945. The molecule has 0 bridgehead atoms. The summed E-state index contributed by atoms with van der Waals surface area (Å²) in [5.41, 5.74) is 0. The Bertz CT molecular complexity index is 672. The Kier molecular flexibility index (Phi) is 4.92. The molecule has 25 heavy (non-hydrogen) atoms. The van der Waals surface area contributed by atoms with Gasteiger partial charge >= 0.3 is 0 Å². The second-order valence-electron chi connectivity index (χ2n) is 7.35. The number of rotatable bonds is 6. The zero-order valence-electron chi connectivity index (χ0n) is 14.6. The molecule has 8 heteroatoms. The van der Waals surface area contributed by atoms with Crippen LogP contribution in [-0.4, -0.2) is 78.2 Å². The lowest BCUT2D eigenvalue weighted by Crippen LogP contribution is -2.48. The van der Waals surface area contributed by atoms with Crippen LogP contribution in [0, 0.1) is 0 Å². The highest BCUT2D eigenvalue weighted by atomic mass is 32.2. The first kappa shape index (κ1) is 17.2. The number of aromatic nitrogens is 2. The fourth-order valence-corrected chi connectivity index (χ4v) is 5.60. The van der Waals surface area contributed by atoms with Crippen molar-refractivity contribution in [3.05, 3.63) is 18.6 Å². The van der Waals surface area contributed by atoms with E-state index in [1.807, 2.05) is 12.3 Å². The standard InChI is InChI=1S/C17H27N5O2S/c23-25(24)13-1-8-21(25)12-11-20-9-5-16(6-10-20)22(15-2-3-15)17-4-7-18-14-19-17/h4,7,14-16H,1-3,5-6,8-13H2. The molecule has 0 N–H and O–H groups in total. The molecular formula is C17H27N5O2S. The number of sulfonamides is 1. The van der Waals surface area contributed by atoms with E-state index in [-0.39, 0.29) is 0 Å². The van der Waals surface area contributed by atoms with Gasteiger partial charge < -0.3 is 9.80 Å². The van der Waals surface area contributed by atoms with Crippen molar-refractivity contribution in [2.24, 2.45) is 0 Å². The lowest BCUT2D eigenvalue weighted by molar-refractivity contribution is 0.197. The fraction of sp³-hybridized carbons (Fsp3) is 0.765. The molecule has 4 rings (SSSR count). The average molecular weight is 366 g/mol. The molecule has 2 saturated heterocycles. The maximum Gasteiger partial charge on any atom is 0.214 e. The lowest BCUT2D eigenvalue weighted by atomic mass is 10.0. The van der Waals surface area contributed by atoms with Gasteiger partial charge in [-0.3, -0.25) is 0 Å². The maximum atomic E-state index is 11.9. The van der Waals surface area contributed by atoms with Gasteiger partial charge in [0.05, 0.1) is 5.75 Å². The number of anilines is 1. The molecule has 0 radical (unpaired) electrons. The van der Waals surface area contributed by atoms with Crippen LogP contribution < -0.4 is 4.90 Å². The minimum Gasteiger partial charge on any atom is -0.350 e. The molecule has 3 aliphatic rings. The van der Waals surface area contributed by atoms with Crippen LogP contribution in [0.5, 0.6) is 0 Å². The number of nitrogens with zero attached hydrogens (tertiary/aromatic N) is 5. The highest BCUT2D eigenvalue weighted by Crippen LogP contribution is 2.35. The maximum absolute atomic E-state index is 11.9. The summed E-state index contributed by atoms with van der Waals surface area (Å²) in [4.78, 5) is 13.4. The number of piperidine rings is 1. The van der Waals surface area contributed by atoms with E-state index in [0.717, 1.165) is 44.7 Å². The number of hydrogen-bond acceptors (Lipinski definition) is 6. The zero-order chi connectivity index (χ0) is 17.3. The van der Waals surface area contributed by atoms with E-state index in [1.165, 1.54) is 12.8 Å². The van der Waals surface area contributed by atoms with Crippen molar-refractivity contribution in [2.75, 3.05) is 43.4 Å². The highest BCUT2D eigenvalue weighted by Gasteiger charge is 2.36. The van der Waals surface area contributed by atoms with E-state index in [1.54, 1.807) is 10.6 Å². The first-order valence-corrected chi connectivity index (χ1v) is 11.0. The van der Waals surface area contributed by atoms with Gasteiger partial charge in [0.1, 0.15) is 12.1 Å². The Morgan fingerprint density at radius 1 is 1.08 bits per heavy atom. The zero-order valence-corrected chi connectivity index (χ0v) is 15.4. The highest BCUT2D eigenvalue weighted by molar-refractivity contribution is 7.89. The monoisotopic (exact) mass is 365 g/mol. The SMILES string of the molecule is O=S1(=O)CCCN1CCN1CCC(N(c2ccncn2)C2CC2)CC1. The Hall–Kier alpha value is -1.25. The molecule has 7 nitrogen and oxygen atoms in total. The van der Waals surface area contributed by atoms with Crippen molar-refractivity contribution in [1.29, 1.82) is 0 Å². The second kappa shape index (κ2) is 7.17. The smallest absolute Gasteiger partial charge is 0.214 e. The fourth-order valence-electron chi connectivity index (χ4n) is 4.08. The topological polar surface area (TPSA) is 69.6 Å². The third-order valence-electron chi connectivity index (χ3n) is 5.59. The third kappa shape index (κ3) is 3.96. The normalized spacial score (nSPS) is 25.3. The van der Waals surface area contributed by atoms with Gasteiger partial charge in [0.15, 0.2) is 0 Å². The van der Waals surface area contributed by atoms with Crippen LogP contribution in [0.2, 0.25) is 0 Å². The van der Waals surface area contributed by atoms with E-state index in [9.17, 15) is 8.42 Å². The summed E-state index contributed by atoms with van der Waals surface area (Å²) in [5.74, 6) is 1.38. The van der Waals surface area contributed by atoms with Crippen LogP contribution in [0.4, 0.5) is 5.82 Å². The summed E-state index contributed by atoms with van der Waals surface area (Å²) in [6.07, 6.45) is 8.99. The van der Waals surface area contributed by atoms with Crippen molar-refractivity contribution < 1.29 is 8.42 Å². The lowest BCUT2D eigenvalue weighted by Gasteiger charge is -2.39. The minimum atomic E-state index is -2.97. The molecule has 0 aromatic carbocycles.